The number of carbonyl (C=O) groups excluding carboxylic acids is 4. The van der Waals surface area contributed by atoms with Crippen molar-refractivity contribution in [3.05, 3.63) is 0 Å². The van der Waals surface area contributed by atoms with Crippen molar-refractivity contribution in [3.63, 3.8) is 0 Å². The summed E-state index contributed by atoms with van der Waals surface area (Å²) in [5.74, 6) is -3.89. The second kappa shape index (κ2) is 43.1. The highest BCUT2D eigenvalue weighted by Crippen LogP contribution is 2.19. The predicted octanol–water partition coefficient (Wildman–Crippen LogP) is 12.0. The van der Waals surface area contributed by atoms with E-state index in [9.17, 15) is 28.8 Å². The van der Waals surface area contributed by atoms with Crippen LogP contribution in [0.4, 0.5) is 0 Å². The maximum Gasteiger partial charge on any atom is 0.323 e. The van der Waals surface area contributed by atoms with Crippen LogP contribution in [-0.4, -0.2) is 94.6 Å². The van der Waals surface area contributed by atoms with Crippen LogP contribution in [0.25, 0.3) is 0 Å². The molecular weight excluding hydrogens is 789 g/mol. The van der Waals surface area contributed by atoms with Gasteiger partial charge in [0.25, 0.3) is 0 Å². The zero-order chi connectivity index (χ0) is 45.9. The van der Waals surface area contributed by atoms with Crippen molar-refractivity contribution in [1.29, 1.82) is 0 Å². The van der Waals surface area contributed by atoms with Gasteiger partial charge in [-0.05, 0) is 57.8 Å². The van der Waals surface area contributed by atoms with Gasteiger partial charge < -0.3 is 29.5 Å². The average Bonchev–Trinajstić information content (AvgIpc) is 3.23. The molecule has 0 saturated carbocycles. The number of esters is 2. The molecule has 0 aliphatic rings. The van der Waals surface area contributed by atoms with E-state index in [0.29, 0.717) is 45.4 Å². The lowest BCUT2D eigenvalue weighted by atomic mass is 10.0. The number of aliphatic carboxylic acids is 2. The molecule has 2 amide bonds. The molecule has 0 atom stereocenters. The normalized spacial score (nSPS) is 11.2. The van der Waals surface area contributed by atoms with E-state index in [1.165, 1.54) is 109 Å². The van der Waals surface area contributed by atoms with Gasteiger partial charge in [-0.3, -0.25) is 28.8 Å². The van der Waals surface area contributed by atoms with Gasteiger partial charge in [0.05, 0.1) is 6.61 Å². The summed E-state index contributed by atoms with van der Waals surface area (Å²) in [6.07, 6.45) is 33.9. The van der Waals surface area contributed by atoms with Crippen molar-refractivity contribution < 1.29 is 48.5 Å². The molecule has 2 N–H and O–H groups in total. The van der Waals surface area contributed by atoms with Gasteiger partial charge in [0.15, 0.2) is 0 Å². The lowest BCUT2D eigenvalue weighted by Crippen LogP contribution is -2.40. The fourth-order valence-electron chi connectivity index (χ4n) is 7.78. The highest BCUT2D eigenvalue weighted by atomic mass is 16.5. The van der Waals surface area contributed by atoms with E-state index >= 15 is 0 Å². The van der Waals surface area contributed by atoms with Crippen LogP contribution in [0.1, 0.15) is 245 Å². The molecule has 0 bridgehead atoms. The van der Waals surface area contributed by atoms with E-state index in [1.807, 2.05) is 0 Å². The molecule has 0 aliphatic heterocycles. The van der Waals surface area contributed by atoms with Gasteiger partial charge in [-0.2, -0.15) is 0 Å². The SMILES string of the molecule is CCCCCCCCCCCOC(=O)CCCCCN(CCCCCCCC(=O)OC(CCCCCCCC)CCCCCCCC)C(=O)CCC(=O)N(CC(=O)O)CC(=O)O. The van der Waals surface area contributed by atoms with Crippen molar-refractivity contribution in [2.75, 3.05) is 32.8 Å². The first-order valence-electron chi connectivity index (χ1n) is 25.4. The van der Waals surface area contributed by atoms with Gasteiger partial charge in [0, 0.05) is 38.8 Å². The molecule has 12 nitrogen and oxygen atoms in total. The molecule has 62 heavy (non-hydrogen) atoms. The summed E-state index contributed by atoms with van der Waals surface area (Å²) in [7, 11) is 0. The summed E-state index contributed by atoms with van der Waals surface area (Å²) >= 11 is 0. The molecule has 0 unspecified atom stereocenters. The Morgan fingerprint density at radius 2 is 0.758 bits per heavy atom. The molecule has 0 fully saturated rings. The smallest absolute Gasteiger partial charge is 0.323 e. The van der Waals surface area contributed by atoms with Crippen LogP contribution < -0.4 is 0 Å². The summed E-state index contributed by atoms with van der Waals surface area (Å²) in [6, 6.07) is 0. The van der Waals surface area contributed by atoms with Crippen molar-refractivity contribution >= 4 is 35.7 Å². The third kappa shape index (κ3) is 38.5. The van der Waals surface area contributed by atoms with Gasteiger partial charge in [-0.15, -0.1) is 0 Å². The average molecular weight is 881 g/mol. The van der Waals surface area contributed by atoms with E-state index < -0.39 is 30.9 Å². The topological polar surface area (TPSA) is 168 Å². The fraction of sp³-hybridized carbons (Fsp3) is 0.880. The second-order valence-electron chi connectivity index (χ2n) is 17.5. The van der Waals surface area contributed by atoms with Gasteiger partial charge in [0.2, 0.25) is 11.8 Å². The third-order valence-corrected chi connectivity index (χ3v) is 11.6. The van der Waals surface area contributed by atoms with Crippen LogP contribution in [0.2, 0.25) is 0 Å². The van der Waals surface area contributed by atoms with E-state index in [2.05, 4.69) is 20.8 Å². The number of carbonyl (C=O) groups is 6. The monoisotopic (exact) mass is 881 g/mol. The number of amides is 2. The molecule has 0 saturated heterocycles. The minimum atomic E-state index is -1.33. The maximum absolute atomic E-state index is 13.3. The quantitative estimate of drug-likeness (QED) is 0.0443. The number of hydrogen-bond acceptors (Lipinski definition) is 8. The molecule has 0 aromatic heterocycles. The lowest BCUT2D eigenvalue weighted by molar-refractivity contribution is -0.150. The van der Waals surface area contributed by atoms with Gasteiger partial charge >= 0.3 is 23.9 Å². The van der Waals surface area contributed by atoms with Crippen molar-refractivity contribution in [1.82, 2.24) is 9.80 Å². The molecule has 0 aromatic rings. The molecular formula is C50H92N2O10. The Kier molecular flexibility index (Phi) is 40.9. The van der Waals surface area contributed by atoms with E-state index in [-0.39, 0.29) is 36.8 Å². The summed E-state index contributed by atoms with van der Waals surface area (Å²) in [5.41, 5.74) is 0. The number of ether oxygens (including phenoxy) is 2. The summed E-state index contributed by atoms with van der Waals surface area (Å²) in [4.78, 5) is 76.0. The fourth-order valence-corrected chi connectivity index (χ4v) is 7.78. The Morgan fingerprint density at radius 1 is 0.403 bits per heavy atom. The van der Waals surface area contributed by atoms with Crippen LogP contribution in [0, 0.1) is 0 Å². The molecule has 0 heterocycles. The van der Waals surface area contributed by atoms with Crippen molar-refractivity contribution in [3.8, 4) is 0 Å². The molecule has 0 rings (SSSR count). The van der Waals surface area contributed by atoms with E-state index in [1.54, 1.807) is 4.90 Å². The first-order chi connectivity index (χ1) is 30.0. The Balaban J connectivity index is 4.83. The zero-order valence-corrected chi connectivity index (χ0v) is 39.9. The largest absolute Gasteiger partial charge is 0.480 e. The highest BCUT2D eigenvalue weighted by Gasteiger charge is 2.22. The Morgan fingerprint density at radius 3 is 1.21 bits per heavy atom. The number of rotatable bonds is 46. The molecule has 0 aliphatic carbocycles. The summed E-state index contributed by atoms with van der Waals surface area (Å²) in [6.45, 7) is 6.58. The van der Waals surface area contributed by atoms with Gasteiger partial charge in [-0.1, -0.05) is 162 Å². The molecule has 362 valence electrons. The molecule has 0 aromatic carbocycles. The number of carboxylic acids is 2. The van der Waals surface area contributed by atoms with E-state index in [4.69, 9.17) is 19.7 Å². The molecule has 12 heteroatoms. The number of hydrogen-bond donors (Lipinski definition) is 2. The number of unbranched alkanes of at least 4 members (excludes halogenated alkanes) is 24. The van der Waals surface area contributed by atoms with Crippen LogP contribution in [0.15, 0.2) is 0 Å². The standard InChI is InChI=1S/C50H92N2O10/c1-4-7-10-13-16-17-18-24-32-41-61-49(59)35-29-25-31-40-51(45(53)37-38-46(54)52(42-47(55)56)43-48(57)58)39-30-23-19-22-28-36-50(60)62-44(33-26-20-14-11-8-5-2)34-27-21-15-12-9-6-3/h44H,4-43H2,1-3H3,(H,55,56)(H,57,58). The van der Waals surface area contributed by atoms with Crippen LogP contribution in [-0.2, 0) is 38.2 Å². The van der Waals surface area contributed by atoms with Crippen molar-refractivity contribution in [2.24, 2.45) is 0 Å². The predicted molar refractivity (Wildman–Crippen MR) is 248 cm³/mol. The minimum absolute atomic E-state index is 0.0132. The Labute approximate surface area is 377 Å². The first kappa shape index (κ1) is 58.8. The van der Waals surface area contributed by atoms with Crippen molar-refractivity contribution in [2.45, 2.75) is 252 Å². The van der Waals surface area contributed by atoms with E-state index in [0.717, 1.165) is 81.9 Å². The molecule has 0 radical (unpaired) electrons. The lowest BCUT2D eigenvalue weighted by Gasteiger charge is -2.24. The molecule has 0 spiro atoms. The minimum Gasteiger partial charge on any atom is -0.480 e. The van der Waals surface area contributed by atoms with Crippen LogP contribution >= 0.6 is 0 Å². The third-order valence-electron chi connectivity index (χ3n) is 11.6. The summed E-state index contributed by atoms with van der Waals surface area (Å²) in [5, 5.41) is 18.3. The number of carboxylic acid groups (broad SMARTS) is 2. The van der Waals surface area contributed by atoms with Crippen LogP contribution in [0.3, 0.4) is 0 Å². The number of nitrogens with zero attached hydrogens (tertiary/aromatic N) is 2. The Bertz CT molecular complexity index is 1120. The maximum atomic E-state index is 13.3. The van der Waals surface area contributed by atoms with Gasteiger partial charge in [0.1, 0.15) is 19.2 Å². The summed E-state index contributed by atoms with van der Waals surface area (Å²) < 4.78 is 11.4. The highest BCUT2D eigenvalue weighted by molar-refractivity contribution is 5.88. The van der Waals surface area contributed by atoms with Crippen LogP contribution in [0.5, 0.6) is 0 Å². The Hall–Kier alpha value is -3.18. The zero-order valence-electron chi connectivity index (χ0n) is 39.9. The van der Waals surface area contributed by atoms with Gasteiger partial charge in [-0.25, -0.2) is 0 Å². The second-order valence-corrected chi connectivity index (χ2v) is 17.5. The first-order valence-corrected chi connectivity index (χ1v) is 25.4.